The van der Waals surface area contributed by atoms with E-state index in [1.807, 2.05) is 6.92 Å². The summed E-state index contributed by atoms with van der Waals surface area (Å²) in [6.45, 7) is 6.35. The first-order valence-electron chi connectivity index (χ1n) is 5.84. The standard InChI is InChI=1S/C13H17Cl2NO2/c1-4-16-13(3,12(17)18-5-2)9-7-6-8-10(14)11(9)15/h6-8,16H,4-5H2,1-3H3. The molecule has 0 spiro atoms. The van der Waals surface area contributed by atoms with Crippen LogP contribution in [0.4, 0.5) is 0 Å². The van der Waals surface area contributed by atoms with Gasteiger partial charge < -0.3 is 4.74 Å². The third kappa shape index (κ3) is 2.97. The van der Waals surface area contributed by atoms with E-state index in [0.717, 1.165) is 0 Å². The second-order valence-electron chi connectivity index (χ2n) is 3.98. The Morgan fingerprint density at radius 2 is 2.06 bits per heavy atom. The quantitative estimate of drug-likeness (QED) is 0.845. The first-order valence-corrected chi connectivity index (χ1v) is 6.59. The van der Waals surface area contributed by atoms with Crippen LogP contribution < -0.4 is 5.32 Å². The molecular weight excluding hydrogens is 273 g/mol. The van der Waals surface area contributed by atoms with Gasteiger partial charge in [-0.2, -0.15) is 0 Å². The Balaban J connectivity index is 3.26. The van der Waals surface area contributed by atoms with E-state index in [9.17, 15) is 4.79 Å². The predicted octanol–water partition coefficient (Wildman–Crippen LogP) is 3.38. The topological polar surface area (TPSA) is 38.3 Å². The highest BCUT2D eigenvalue weighted by Gasteiger charge is 2.38. The number of ether oxygens (including phenoxy) is 1. The Morgan fingerprint density at radius 1 is 1.39 bits per heavy atom. The highest BCUT2D eigenvalue weighted by Crippen LogP contribution is 2.34. The number of esters is 1. The van der Waals surface area contributed by atoms with Crippen molar-refractivity contribution in [3.63, 3.8) is 0 Å². The molecule has 1 aromatic rings. The normalized spacial score (nSPS) is 14.1. The molecule has 1 rings (SSSR count). The van der Waals surface area contributed by atoms with Gasteiger partial charge in [0.2, 0.25) is 0 Å². The summed E-state index contributed by atoms with van der Waals surface area (Å²) in [4.78, 5) is 12.1. The molecule has 0 bridgehead atoms. The van der Waals surface area contributed by atoms with Gasteiger partial charge >= 0.3 is 5.97 Å². The van der Waals surface area contributed by atoms with Crippen LogP contribution in [-0.2, 0) is 15.1 Å². The molecule has 18 heavy (non-hydrogen) atoms. The maximum atomic E-state index is 12.1. The molecule has 1 unspecified atom stereocenters. The number of hydrogen-bond donors (Lipinski definition) is 1. The van der Waals surface area contributed by atoms with Gasteiger partial charge in [-0.3, -0.25) is 5.32 Å². The van der Waals surface area contributed by atoms with E-state index in [1.165, 1.54) is 0 Å². The zero-order chi connectivity index (χ0) is 13.8. The number of benzene rings is 1. The fourth-order valence-electron chi connectivity index (χ4n) is 1.80. The van der Waals surface area contributed by atoms with Crippen molar-refractivity contribution in [3.8, 4) is 0 Å². The Kier molecular flexibility index (Phi) is 5.45. The summed E-state index contributed by atoms with van der Waals surface area (Å²) in [5.41, 5.74) is -0.371. The van der Waals surface area contributed by atoms with Crippen LogP contribution in [-0.4, -0.2) is 19.1 Å². The van der Waals surface area contributed by atoms with Crippen molar-refractivity contribution >= 4 is 29.2 Å². The van der Waals surface area contributed by atoms with Crippen LogP contribution in [0.1, 0.15) is 26.3 Å². The minimum absolute atomic E-state index is 0.317. The number of hydrogen-bond acceptors (Lipinski definition) is 3. The molecule has 3 nitrogen and oxygen atoms in total. The highest BCUT2D eigenvalue weighted by molar-refractivity contribution is 6.42. The second-order valence-corrected chi connectivity index (χ2v) is 4.76. The zero-order valence-corrected chi connectivity index (χ0v) is 12.2. The average Bonchev–Trinajstić information content (AvgIpc) is 2.33. The Labute approximate surface area is 117 Å². The molecule has 0 saturated heterocycles. The van der Waals surface area contributed by atoms with Crippen molar-refractivity contribution in [1.29, 1.82) is 0 Å². The van der Waals surface area contributed by atoms with Crippen LogP contribution in [0.5, 0.6) is 0 Å². The molecule has 5 heteroatoms. The number of rotatable bonds is 5. The molecule has 0 heterocycles. The summed E-state index contributed by atoms with van der Waals surface area (Å²) in [7, 11) is 0. The van der Waals surface area contributed by atoms with Crippen LogP contribution >= 0.6 is 23.2 Å². The number of halogens is 2. The van der Waals surface area contributed by atoms with Crippen molar-refractivity contribution in [2.24, 2.45) is 0 Å². The number of carbonyl (C=O) groups excluding carboxylic acids is 1. The monoisotopic (exact) mass is 289 g/mol. The van der Waals surface area contributed by atoms with E-state index >= 15 is 0 Å². The third-order valence-corrected chi connectivity index (χ3v) is 3.52. The maximum absolute atomic E-state index is 12.1. The molecule has 1 N–H and O–H groups in total. The van der Waals surface area contributed by atoms with E-state index in [1.54, 1.807) is 32.0 Å². The maximum Gasteiger partial charge on any atom is 0.330 e. The molecule has 0 aliphatic heterocycles. The fraction of sp³-hybridized carbons (Fsp3) is 0.462. The number of nitrogens with one attached hydrogen (secondary N) is 1. The summed E-state index contributed by atoms with van der Waals surface area (Å²) >= 11 is 12.2. The molecule has 0 amide bonds. The van der Waals surface area contributed by atoms with Gasteiger partial charge in [-0.25, -0.2) is 4.79 Å². The molecule has 100 valence electrons. The lowest BCUT2D eigenvalue weighted by molar-refractivity contribution is -0.151. The Hall–Kier alpha value is -0.770. The second kappa shape index (κ2) is 6.41. The first kappa shape index (κ1) is 15.3. The van der Waals surface area contributed by atoms with Crippen molar-refractivity contribution < 1.29 is 9.53 Å². The van der Waals surface area contributed by atoms with Gasteiger partial charge in [0.25, 0.3) is 0 Å². The summed E-state index contributed by atoms with van der Waals surface area (Å²) in [5, 5.41) is 3.90. The Morgan fingerprint density at radius 3 is 2.61 bits per heavy atom. The average molecular weight is 290 g/mol. The van der Waals surface area contributed by atoms with Crippen LogP contribution in [0.15, 0.2) is 18.2 Å². The van der Waals surface area contributed by atoms with Crippen LogP contribution in [0.2, 0.25) is 10.0 Å². The van der Waals surface area contributed by atoms with E-state index in [4.69, 9.17) is 27.9 Å². The third-order valence-electron chi connectivity index (χ3n) is 2.70. The smallest absolute Gasteiger partial charge is 0.330 e. The summed E-state index contributed by atoms with van der Waals surface area (Å²) in [6, 6.07) is 5.22. The van der Waals surface area contributed by atoms with Crippen molar-refractivity contribution in [2.45, 2.75) is 26.3 Å². The molecule has 1 aromatic carbocycles. The van der Waals surface area contributed by atoms with Crippen LogP contribution in [0.3, 0.4) is 0 Å². The minimum atomic E-state index is -0.993. The lowest BCUT2D eigenvalue weighted by atomic mass is 9.92. The molecule has 0 aliphatic carbocycles. The van der Waals surface area contributed by atoms with E-state index < -0.39 is 5.54 Å². The molecular formula is C13H17Cl2NO2. The SMILES string of the molecule is CCNC(C)(C(=O)OCC)c1cccc(Cl)c1Cl. The van der Waals surface area contributed by atoms with Gasteiger partial charge in [-0.15, -0.1) is 0 Å². The van der Waals surface area contributed by atoms with Gasteiger partial charge in [0.05, 0.1) is 16.7 Å². The first-order chi connectivity index (χ1) is 8.47. The lowest BCUT2D eigenvalue weighted by Gasteiger charge is -2.29. The predicted molar refractivity (Wildman–Crippen MR) is 74.1 cm³/mol. The van der Waals surface area contributed by atoms with Crippen molar-refractivity contribution in [2.75, 3.05) is 13.2 Å². The van der Waals surface area contributed by atoms with Crippen molar-refractivity contribution in [1.82, 2.24) is 5.32 Å². The largest absolute Gasteiger partial charge is 0.464 e. The van der Waals surface area contributed by atoms with E-state index in [0.29, 0.717) is 28.8 Å². The van der Waals surface area contributed by atoms with E-state index in [-0.39, 0.29) is 5.97 Å². The fourth-order valence-corrected chi connectivity index (χ4v) is 2.29. The molecule has 0 aliphatic rings. The Bertz CT molecular complexity index is 437. The van der Waals surface area contributed by atoms with Gasteiger partial charge in [0, 0.05) is 5.56 Å². The summed E-state index contributed by atoms with van der Waals surface area (Å²) < 4.78 is 5.11. The van der Waals surface area contributed by atoms with Crippen LogP contribution in [0.25, 0.3) is 0 Å². The molecule has 0 radical (unpaired) electrons. The molecule has 0 saturated carbocycles. The molecule has 1 atom stereocenters. The number of carbonyl (C=O) groups is 1. The van der Waals surface area contributed by atoms with Crippen LogP contribution in [0, 0.1) is 0 Å². The van der Waals surface area contributed by atoms with Gasteiger partial charge in [-0.05, 0) is 26.5 Å². The van der Waals surface area contributed by atoms with Crippen molar-refractivity contribution in [3.05, 3.63) is 33.8 Å². The van der Waals surface area contributed by atoms with Gasteiger partial charge in [0.1, 0.15) is 5.54 Å². The minimum Gasteiger partial charge on any atom is -0.464 e. The zero-order valence-electron chi connectivity index (χ0n) is 10.7. The summed E-state index contributed by atoms with van der Waals surface area (Å²) in [6.07, 6.45) is 0. The highest BCUT2D eigenvalue weighted by atomic mass is 35.5. The summed E-state index contributed by atoms with van der Waals surface area (Å²) in [5.74, 6) is -0.365. The molecule has 0 fully saturated rings. The molecule has 0 aromatic heterocycles. The number of likely N-dealkylation sites (N-methyl/N-ethyl adjacent to an activating group) is 1. The lowest BCUT2D eigenvalue weighted by Crippen LogP contribution is -2.47. The van der Waals surface area contributed by atoms with Gasteiger partial charge in [0.15, 0.2) is 0 Å². The van der Waals surface area contributed by atoms with E-state index in [2.05, 4.69) is 5.32 Å². The van der Waals surface area contributed by atoms with Gasteiger partial charge in [-0.1, -0.05) is 42.3 Å².